The first-order valence-electron chi connectivity index (χ1n) is 4.20. The molecule has 3 heteroatoms. The number of rotatable bonds is 2. The highest BCUT2D eigenvalue weighted by Gasteiger charge is 2.07. The van der Waals surface area contributed by atoms with E-state index in [2.05, 4.69) is 29.0 Å². The smallest absolute Gasteiger partial charge is 0.0559 e. The molecule has 0 spiro atoms. The van der Waals surface area contributed by atoms with Gasteiger partial charge >= 0.3 is 0 Å². The summed E-state index contributed by atoms with van der Waals surface area (Å²) in [5.74, 6) is 0. The second kappa shape index (κ2) is 5.15. The van der Waals surface area contributed by atoms with E-state index in [0.29, 0.717) is 0 Å². The molecule has 0 aliphatic carbocycles. The van der Waals surface area contributed by atoms with E-state index in [1.807, 2.05) is 18.2 Å². The van der Waals surface area contributed by atoms with Gasteiger partial charge in [-0.2, -0.15) is 11.3 Å². The molecule has 0 radical (unpaired) electrons. The van der Waals surface area contributed by atoms with Crippen molar-refractivity contribution in [3.05, 3.63) is 58.3 Å². The van der Waals surface area contributed by atoms with Crippen LogP contribution in [0.5, 0.6) is 0 Å². The van der Waals surface area contributed by atoms with Crippen molar-refractivity contribution in [2.75, 3.05) is 0 Å². The van der Waals surface area contributed by atoms with E-state index >= 15 is 0 Å². The third kappa shape index (κ3) is 2.35. The second-order valence-electron chi connectivity index (χ2n) is 2.95. The van der Waals surface area contributed by atoms with Crippen LogP contribution in [0.3, 0.4) is 0 Å². The number of hydrogen-bond donors (Lipinski definition) is 1. The molecule has 0 saturated heterocycles. The molecule has 1 aromatic heterocycles. The molecule has 2 rings (SSSR count). The predicted molar refractivity (Wildman–Crippen MR) is 64.0 cm³/mol. The molecule has 74 valence electrons. The lowest BCUT2D eigenvalue weighted by Crippen LogP contribution is -2.10. The highest BCUT2D eigenvalue weighted by Crippen LogP contribution is 2.20. The van der Waals surface area contributed by atoms with Crippen LogP contribution in [0.25, 0.3) is 0 Å². The molecule has 0 aliphatic heterocycles. The number of benzene rings is 1. The predicted octanol–water partition coefficient (Wildman–Crippen LogP) is 3.22. The van der Waals surface area contributed by atoms with Crippen molar-refractivity contribution in [1.82, 2.24) is 0 Å². The van der Waals surface area contributed by atoms with Crippen molar-refractivity contribution in [3.63, 3.8) is 0 Å². The topological polar surface area (TPSA) is 26.0 Å². The number of nitrogens with two attached hydrogens (primary N) is 1. The summed E-state index contributed by atoms with van der Waals surface area (Å²) in [6, 6.07) is 12.2. The van der Waals surface area contributed by atoms with Gasteiger partial charge < -0.3 is 5.73 Å². The first kappa shape index (κ1) is 11.2. The lowest BCUT2D eigenvalue weighted by Gasteiger charge is -2.09. The second-order valence-corrected chi connectivity index (χ2v) is 3.73. The van der Waals surface area contributed by atoms with Crippen molar-refractivity contribution in [1.29, 1.82) is 0 Å². The van der Waals surface area contributed by atoms with Gasteiger partial charge in [0, 0.05) is 0 Å². The maximum absolute atomic E-state index is 6.07. The molecule has 1 unspecified atom stereocenters. The molecular weight excluding hydrogens is 214 g/mol. The summed E-state index contributed by atoms with van der Waals surface area (Å²) in [5.41, 5.74) is 8.43. The van der Waals surface area contributed by atoms with E-state index in [0.717, 1.165) is 0 Å². The number of hydrogen-bond acceptors (Lipinski definition) is 2. The summed E-state index contributed by atoms with van der Waals surface area (Å²) in [6.45, 7) is 0. The highest BCUT2D eigenvalue weighted by molar-refractivity contribution is 7.08. The van der Waals surface area contributed by atoms with Gasteiger partial charge in [0.2, 0.25) is 0 Å². The van der Waals surface area contributed by atoms with Crippen molar-refractivity contribution >= 4 is 23.7 Å². The molecule has 2 N–H and O–H groups in total. The summed E-state index contributed by atoms with van der Waals surface area (Å²) in [6.07, 6.45) is 0. The Kier molecular flexibility index (Phi) is 4.14. The SMILES string of the molecule is Cl.NC(c1ccccc1)c1ccsc1. The lowest BCUT2D eigenvalue weighted by molar-refractivity contribution is 0.877. The molecule has 1 aromatic carbocycles. The zero-order valence-electron chi connectivity index (χ0n) is 7.59. The minimum atomic E-state index is 0. The summed E-state index contributed by atoms with van der Waals surface area (Å²) < 4.78 is 0. The van der Waals surface area contributed by atoms with Crippen molar-refractivity contribution < 1.29 is 0 Å². The third-order valence-corrected chi connectivity index (χ3v) is 2.76. The normalized spacial score (nSPS) is 11.8. The Labute approximate surface area is 94.0 Å². The van der Waals surface area contributed by atoms with Crippen LogP contribution in [0.2, 0.25) is 0 Å². The first-order valence-corrected chi connectivity index (χ1v) is 5.15. The summed E-state index contributed by atoms with van der Waals surface area (Å²) in [7, 11) is 0. The van der Waals surface area contributed by atoms with Crippen LogP contribution in [-0.4, -0.2) is 0 Å². The van der Waals surface area contributed by atoms with E-state index in [1.54, 1.807) is 11.3 Å². The van der Waals surface area contributed by atoms with Gasteiger partial charge in [-0.25, -0.2) is 0 Å². The molecule has 1 nitrogen and oxygen atoms in total. The van der Waals surface area contributed by atoms with Gasteiger partial charge in [-0.3, -0.25) is 0 Å². The van der Waals surface area contributed by atoms with Gasteiger partial charge in [0.15, 0.2) is 0 Å². The third-order valence-electron chi connectivity index (χ3n) is 2.06. The zero-order chi connectivity index (χ0) is 9.10. The Bertz CT molecular complexity index is 358. The van der Waals surface area contributed by atoms with Crippen LogP contribution in [0, 0.1) is 0 Å². The summed E-state index contributed by atoms with van der Waals surface area (Å²) in [5, 5.41) is 4.15. The highest BCUT2D eigenvalue weighted by atomic mass is 35.5. The molecule has 14 heavy (non-hydrogen) atoms. The fourth-order valence-electron chi connectivity index (χ4n) is 1.30. The monoisotopic (exact) mass is 225 g/mol. The Hall–Kier alpha value is -0.830. The molecule has 1 atom stereocenters. The van der Waals surface area contributed by atoms with Crippen molar-refractivity contribution in [2.24, 2.45) is 5.73 Å². The molecule has 1 heterocycles. The molecule has 0 saturated carbocycles. The molecule has 0 aliphatic rings. The van der Waals surface area contributed by atoms with Crippen LogP contribution in [0.1, 0.15) is 17.2 Å². The Morgan fingerprint density at radius 2 is 1.71 bits per heavy atom. The van der Waals surface area contributed by atoms with E-state index in [-0.39, 0.29) is 18.4 Å². The zero-order valence-corrected chi connectivity index (χ0v) is 9.22. The van der Waals surface area contributed by atoms with Crippen LogP contribution >= 0.6 is 23.7 Å². The van der Waals surface area contributed by atoms with Crippen LogP contribution in [-0.2, 0) is 0 Å². The average molecular weight is 226 g/mol. The first-order chi connectivity index (χ1) is 6.38. The fraction of sp³-hybridized carbons (Fsp3) is 0.0909. The van der Waals surface area contributed by atoms with E-state index in [1.165, 1.54) is 11.1 Å². The summed E-state index contributed by atoms with van der Waals surface area (Å²) in [4.78, 5) is 0. The molecule has 0 fully saturated rings. The molecular formula is C11H12ClNS. The lowest BCUT2D eigenvalue weighted by atomic mass is 10.0. The maximum Gasteiger partial charge on any atom is 0.0559 e. The van der Waals surface area contributed by atoms with Crippen molar-refractivity contribution in [3.8, 4) is 0 Å². The molecule has 0 bridgehead atoms. The fourth-order valence-corrected chi connectivity index (χ4v) is 2.00. The van der Waals surface area contributed by atoms with Gasteiger partial charge in [-0.1, -0.05) is 30.3 Å². The Morgan fingerprint density at radius 3 is 2.29 bits per heavy atom. The quantitative estimate of drug-likeness (QED) is 0.835. The standard InChI is InChI=1S/C11H11NS.ClH/c12-11(10-6-7-13-8-10)9-4-2-1-3-5-9;/h1-8,11H,12H2;1H. The van der Waals surface area contributed by atoms with E-state index in [9.17, 15) is 0 Å². The Morgan fingerprint density at radius 1 is 1.00 bits per heavy atom. The molecule has 2 aromatic rings. The van der Waals surface area contributed by atoms with Crippen molar-refractivity contribution in [2.45, 2.75) is 6.04 Å². The van der Waals surface area contributed by atoms with Crippen LogP contribution in [0.4, 0.5) is 0 Å². The average Bonchev–Trinajstić information content (AvgIpc) is 2.71. The van der Waals surface area contributed by atoms with Gasteiger partial charge in [0.25, 0.3) is 0 Å². The van der Waals surface area contributed by atoms with Gasteiger partial charge in [-0.15, -0.1) is 12.4 Å². The van der Waals surface area contributed by atoms with Crippen LogP contribution in [0.15, 0.2) is 47.2 Å². The van der Waals surface area contributed by atoms with Gasteiger partial charge in [0.1, 0.15) is 0 Å². The minimum absolute atomic E-state index is 0. The van der Waals surface area contributed by atoms with E-state index in [4.69, 9.17) is 5.73 Å². The summed E-state index contributed by atoms with van der Waals surface area (Å²) >= 11 is 1.68. The van der Waals surface area contributed by atoms with Gasteiger partial charge in [0.05, 0.1) is 6.04 Å². The Balaban J connectivity index is 0.000000980. The van der Waals surface area contributed by atoms with E-state index < -0.39 is 0 Å². The number of halogens is 1. The minimum Gasteiger partial charge on any atom is -0.320 e. The van der Waals surface area contributed by atoms with Crippen LogP contribution < -0.4 is 5.73 Å². The van der Waals surface area contributed by atoms with Gasteiger partial charge in [-0.05, 0) is 28.0 Å². The maximum atomic E-state index is 6.07. The largest absolute Gasteiger partial charge is 0.320 e. The molecule has 0 amide bonds. The number of thiophene rings is 1.